The van der Waals surface area contributed by atoms with Gasteiger partial charge in [0.25, 0.3) is 0 Å². The summed E-state index contributed by atoms with van der Waals surface area (Å²) in [5.41, 5.74) is 17.7. The fourth-order valence-corrected chi connectivity index (χ4v) is 9.84. The molecule has 274 valence electrons. The van der Waals surface area contributed by atoms with Gasteiger partial charge in [0, 0.05) is 16.7 Å². The van der Waals surface area contributed by atoms with E-state index >= 15 is 0 Å². The van der Waals surface area contributed by atoms with Crippen LogP contribution in [0.2, 0.25) is 0 Å². The predicted octanol–water partition coefficient (Wildman–Crippen LogP) is 13.7. The second kappa shape index (κ2) is 13.2. The van der Waals surface area contributed by atoms with Gasteiger partial charge in [-0.05, 0) is 89.7 Å². The minimum Gasteiger partial charge on any atom is -0.208 e. The van der Waals surface area contributed by atoms with Crippen LogP contribution in [-0.4, -0.2) is 15.0 Å². The first-order valence-corrected chi connectivity index (χ1v) is 20.2. The largest absolute Gasteiger partial charge is 0.208 e. The number of hydrogen-bond donors (Lipinski definition) is 0. The molecule has 0 atom stereocenters. The predicted molar refractivity (Wildman–Crippen MR) is 241 cm³/mol. The Balaban J connectivity index is 1.01. The van der Waals surface area contributed by atoms with Crippen molar-refractivity contribution in [1.29, 1.82) is 0 Å². The number of fused-ring (bicyclic) bond motifs is 11. The smallest absolute Gasteiger partial charge is 0.164 e. The van der Waals surface area contributed by atoms with Crippen molar-refractivity contribution in [2.45, 2.75) is 5.41 Å². The number of benzene rings is 9. The van der Waals surface area contributed by atoms with Crippen molar-refractivity contribution < 1.29 is 0 Å². The van der Waals surface area contributed by atoms with Gasteiger partial charge in [-0.2, -0.15) is 0 Å². The van der Waals surface area contributed by atoms with Crippen molar-refractivity contribution in [3.8, 4) is 78.7 Å². The molecule has 3 heteroatoms. The Morgan fingerprint density at radius 2 is 0.678 bits per heavy atom. The lowest BCUT2D eigenvalue weighted by Crippen LogP contribution is -2.26. The van der Waals surface area contributed by atoms with Gasteiger partial charge in [-0.15, -0.1) is 0 Å². The third-order valence-corrected chi connectivity index (χ3v) is 12.3. The highest BCUT2D eigenvalue weighted by Gasteiger charge is 2.52. The number of nitrogens with zero attached hydrogens (tertiary/aromatic N) is 3. The molecule has 0 bridgehead atoms. The summed E-state index contributed by atoms with van der Waals surface area (Å²) in [5, 5.41) is 2.29. The van der Waals surface area contributed by atoms with E-state index in [-0.39, 0.29) is 0 Å². The summed E-state index contributed by atoms with van der Waals surface area (Å²) in [7, 11) is 0. The van der Waals surface area contributed by atoms with E-state index in [1.165, 1.54) is 55.6 Å². The summed E-state index contributed by atoms with van der Waals surface area (Å²) in [6.45, 7) is 0. The number of aromatic nitrogens is 3. The lowest BCUT2D eigenvalue weighted by atomic mass is 9.68. The second-order valence-corrected chi connectivity index (χ2v) is 15.5. The Morgan fingerprint density at radius 3 is 1.31 bits per heavy atom. The molecule has 0 amide bonds. The van der Waals surface area contributed by atoms with E-state index in [0.717, 1.165) is 38.6 Å². The standard InChI is InChI=1S/C56H35N3/c1-3-16-36(17-4-1)42-20-7-8-24-48(42)55-58-53(37-18-5-2-6-19-37)57-54(59-55)41-33-31-38-34-40(32-30-39(38)35-41)43-25-15-26-47-46-23-11-14-29-51(46)56(52(43)47)49-27-12-9-21-44(49)45-22-10-13-28-50(45)56/h1-35H. The molecule has 0 fully saturated rings. The van der Waals surface area contributed by atoms with Gasteiger partial charge in [-0.3, -0.25) is 0 Å². The van der Waals surface area contributed by atoms with Crippen LogP contribution in [-0.2, 0) is 5.41 Å². The minimum atomic E-state index is -0.416. The van der Waals surface area contributed by atoms with E-state index in [1.54, 1.807) is 0 Å². The molecule has 0 saturated carbocycles. The van der Waals surface area contributed by atoms with Crippen molar-refractivity contribution >= 4 is 10.8 Å². The van der Waals surface area contributed by atoms with Gasteiger partial charge in [0.1, 0.15) is 0 Å². The summed E-state index contributed by atoms with van der Waals surface area (Å²) < 4.78 is 0. The Labute approximate surface area is 343 Å². The molecule has 9 aromatic carbocycles. The number of hydrogen-bond acceptors (Lipinski definition) is 3. The van der Waals surface area contributed by atoms with Crippen molar-refractivity contribution in [3.05, 3.63) is 235 Å². The Morgan fingerprint density at radius 1 is 0.254 bits per heavy atom. The van der Waals surface area contributed by atoms with E-state index in [0.29, 0.717) is 17.5 Å². The van der Waals surface area contributed by atoms with Crippen molar-refractivity contribution in [3.63, 3.8) is 0 Å². The molecule has 1 aromatic heterocycles. The maximum absolute atomic E-state index is 5.17. The Bertz CT molecular complexity index is 3210. The summed E-state index contributed by atoms with van der Waals surface area (Å²) in [5.74, 6) is 1.93. The van der Waals surface area contributed by atoms with Crippen LogP contribution in [0.3, 0.4) is 0 Å². The van der Waals surface area contributed by atoms with Gasteiger partial charge in [0.15, 0.2) is 17.5 Å². The highest BCUT2D eigenvalue weighted by atomic mass is 15.0. The molecule has 0 aliphatic heterocycles. The first kappa shape index (κ1) is 33.4. The zero-order valence-electron chi connectivity index (χ0n) is 32.0. The molecule has 1 spiro atoms. The summed E-state index contributed by atoms with van der Waals surface area (Å²) in [6.07, 6.45) is 0. The van der Waals surface area contributed by atoms with E-state index in [9.17, 15) is 0 Å². The maximum atomic E-state index is 5.17. The zero-order chi connectivity index (χ0) is 38.9. The summed E-state index contributed by atoms with van der Waals surface area (Å²) in [4.78, 5) is 15.3. The molecule has 12 rings (SSSR count). The van der Waals surface area contributed by atoms with E-state index < -0.39 is 5.41 Å². The number of rotatable bonds is 5. The van der Waals surface area contributed by atoms with Crippen LogP contribution in [0.25, 0.3) is 89.4 Å². The molecule has 59 heavy (non-hydrogen) atoms. The highest BCUT2D eigenvalue weighted by Crippen LogP contribution is 2.64. The van der Waals surface area contributed by atoms with Crippen LogP contribution in [0.5, 0.6) is 0 Å². The minimum absolute atomic E-state index is 0.416. The molecule has 1 heterocycles. The van der Waals surface area contributed by atoms with Crippen LogP contribution < -0.4 is 0 Å². The highest BCUT2D eigenvalue weighted by molar-refractivity contribution is 6.00. The molecule has 2 aliphatic carbocycles. The van der Waals surface area contributed by atoms with Crippen LogP contribution in [0, 0.1) is 0 Å². The Kier molecular flexibility index (Phi) is 7.45. The van der Waals surface area contributed by atoms with Gasteiger partial charge in [-0.1, -0.05) is 200 Å². The van der Waals surface area contributed by atoms with Crippen LogP contribution in [0.15, 0.2) is 212 Å². The van der Waals surface area contributed by atoms with Crippen LogP contribution >= 0.6 is 0 Å². The van der Waals surface area contributed by atoms with E-state index in [2.05, 4.69) is 182 Å². The monoisotopic (exact) mass is 749 g/mol. The van der Waals surface area contributed by atoms with E-state index in [4.69, 9.17) is 15.0 Å². The maximum Gasteiger partial charge on any atom is 0.164 e. The average molecular weight is 750 g/mol. The van der Waals surface area contributed by atoms with Crippen LogP contribution in [0.4, 0.5) is 0 Å². The molecule has 0 radical (unpaired) electrons. The topological polar surface area (TPSA) is 38.7 Å². The van der Waals surface area contributed by atoms with Gasteiger partial charge in [0.05, 0.1) is 5.41 Å². The van der Waals surface area contributed by atoms with Gasteiger partial charge in [0.2, 0.25) is 0 Å². The third kappa shape index (κ3) is 5.05. The van der Waals surface area contributed by atoms with Crippen LogP contribution in [0.1, 0.15) is 22.3 Å². The van der Waals surface area contributed by atoms with Crippen molar-refractivity contribution in [1.82, 2.24) is 15.0 Å². The van der Waals surface area contributed by atoms with Gasteiger partial charge < -0.3 is 0 Å². The molecule has 3 nitrogen and oxygen atoms in total. The van der Waals surface area contributed by atoms with Crippen molar-refractivity contribution in [2.24, 2.45) is 0 Å². The summed E-state index contributed by atoms with van der Waals surface area (Å²) >= 11 is 0. The fraction of sp³-hybridized carbons (Fsp3) is 0.0179. The molecule has 2 aliphatic rings. The van der Waals surface area contributed by atoms with Gasteiger partial charge >= 0.3 is 0 Å². The Hall–Kier alpha value is -7.75. The third-order valence-electron chi connectivity index (χ3n) is 12.3. The fourth-order valence-electron chi connectivity index (χ4n) is 9.84. The molecular weight excluding hydrogens is 715 g/mol. The second-order valence-electron chi connectivity index (χ2n) is 15.5. The SMILES string of the molecule is c1ccc(-c2nc(-c3ccc4cc(-c5cccc6c5C5(c7ccccc7-c7ccccc75)c5ccccc5-6)ccc4c3)nc(-c3ccccc3-c3ccccc3)n2)cc1. The molecular formula is C56H35N3. The first-order valence-electron chi connectivity index (χ1n) is 20.2. The lowest BCUT2D eigenvalue weighted by Gasteiger charge is -2.32. The quantitative estimate of drug-likeness (QED) is 0.176. The molecule has 0 unspecified atom stereocenters. The molecule has 10 aromatic rings. The van der Waals surface area contributed by atoms with E-state index in [1.807, 2.05) is 30.3 Å². The molecule has 0 N–H and O–H groups in total. The first-order chi connectivity index (χ1) is 29.3. The average Bonchev–Trinajstić information content (AvgIpc) is 3.79. The normalized spacial score (nSPS) is 12.9. The van der Waals surface area contributed by atoms with Crippen molar-refractivity contribution in [2.75, 3.05) is 0 Å². The molecule has 0 saturated heterocycles. The summed E-state index contributed by atoms with van der Waals surface area (Å²) in [6, 6.07) is 76.3. The lowest BCUT2D eigenvalue weighted by molar-refractivity contribution is 0.796. The van der Waals surface area contributed by atoms with Gasteiger partial charge in [-0.25, -0.2) is 15.0 Å². The zero-order valence-corrected chi connectivity index (χ0v) is 32.0.